The number of nitrogens with one attached hydrogen (secondary N) is 1. The zero-order valence-electron chi connectivity index (χ0n) is 13.1. The maximum Gasteiger partial charge on any atom is 0.139 e. The van der Waals surface area contributed by atoms with Crippen LogP contribution in [0.3, 0.4) is 0 Å². The van der Waals surface area contributed by atoms with Gasteiger partial charge in [0.05, 0.1) is 15.7 Å². The van der Waals surface area contributed by atoms with Gasteiger partial charge in [-0.15, -0.1) is 0 Å². The van der Waals surface area contributed by atoms with Gasteiger partial charge in [-0.3, -0.25) is 5.10 Å². The lowest BCUT2D eigenvalue weighted by Crippen LogP contribution is -2.27. The average molecular weight is 374 g/mol. The van der Waals surface area contributed by atoms with Gasteiger partial charge >= 0.3 is 0 Å². The normalized spacial score (nSPS) is 15.1. The third-order valence-corrected chi connectivity index (χ3v) is 5.23. The first-order chi connectivity index (χ1) is 11.0. The van der Waals surface area contributed by atoms with E-state index in [4.69, 9.17) is 0 Å². The SMILES string of the molecule is Cc1cc(-c2n[nH]c3cc(F)c(Br)cc23)cc2c1CCN(C)C2. The molecule has 1 aliphatic rings. The van der Waals surface area contributed by atoms with Crippen LogP contribution in [0, 0.1) is 12.7 Å². The van der Waals surface area contributed by atoms with Crippen LogP contribution < -0.4 is 0 Å². The topological polar surface area (TPSA) is 31.9 Å². The Morgan fingerprint density at radius 2 is 2.09 bits per heavy atom. The second-order valence-corrected chi connectivity index (χ2v) is 7.16. The maximum atomic E-state index is 13.7. The minimum Gasteiger partial charge on any atom is -0.302 e. The lowest BCUT2D eigenvalue weighted by atomic mass is 9.91. The highest BCUT2D eigenvalue weighted by Crippen LogP contribution is 2.33. The molecule has 0 spiro atoms. The van der Waals surface area contributed by atoms with Gasteiger partial charge < -0.3 is 4.90 Å². The van der Waals surface area contributed by atoms with E-state index in [-0.39, 0.29) is 5.82 Å². The van der Waals surface area contributed by atoms with Gasteiger partial charge in [0.15, 0.2) is 0 Å². The first kappa shape index (κ1) is 14.8. The highest BCUT2D eigenvalue weighted by Gasteiger charge is 2.18. The molecular formula is C18H17BrFN3. The highest BCUT2D eigenvalue weighted by atomic mass is 79.9. The van der Waals surface area contributed by atoms with E-state index in [2.05, 4.69) is 57.1 Å². The number of H-pyrrole nitrogens is 1. The Hall–Kier alpha value is -1.72. The Kier molecular flexibility index (Phi) is 3.50. The number of fused-ring (bicyclic) bond motifs is 2. The molecule has 118 valence electrons. The summed E-state index contributed by atoms with van der Waals surface area (Å²) in [6.07, 6.45) is 1.09. The number of hydrogen-bond acceptors (Lipinski definition) is 2. The molecule has 3 aromatic rings. The molecule has 0 fully saturated rings. The lowest BCUT2D eigenvalue weighted by Gasteiger charge is -2.26. The van der Waals surface area contributed by atoms with Crippen LogP contribution in [0.4, 0.5) is 4.39 Å². The van der Waals surface area contributed by atoms with Crippen molar-refractivity contribution >= 4 is 26.8 Å². The Morgan fingerprint density at radius 3 is 2.91 bits per heavy atom. The second-order valence-electron chi connectivity index (χ2n) is 6.30. The van der Waals surface area contributed by atoms with Crippen LogP contribution in [0.2, 0.25) is 0 Å². The molecule has 4 rings (SSSR count). The molecule has 2 heterocycles. The van der Waals surface area contributed by atoms with E-state index in [1.54, 1.807) is 6.07 Å². The van der Waals surface area contributed by atoms with Gasteiger partial charge in [0, 0.05) is 30.1 Å². The van der Waals surface area contributed by atoms with E-state index in [1.807, 2.05) is 0 Å². The van der Waals surface area contributed by atoms with Crippen LogP contribution in [0.25, 0.3) is 22.2 Å². The summed E-state index contributed by atoms with van der Waals surface area (Å²) in [5, 5.41) is 8.30. The van der Waals surface area contributed by atoms with Crippen molar-refractivity contribution < 1.29 is 4.39 Å². The molecule has 0 amide bonds. The predicted octanol–water partition coefficient (Wildman–Crippen LogP) is 4.43. The Morgan fingerprint density at radius 1 is 1.26 bits per heavy atom. The second kappa shape index (κ2) is 5.42. The molecule has 5 heteroatoms. The summed E-state index contributed by atoms with van der Waals surface area (Å²) in [5.41, 5.74) is 6.81. The van der Waals surface area contributed by atoms with Crippen molar-refractivity contribution in [1.82, 2.24) is 15.1 Å². The van der Waals surface area contributed by atoms with Gasteiger partial charge in [0.1, 0.15) is 5.82 Å². The molecule has 3 nitrogen and oxygen atoms in total. The van der Waals surface area contributed by atoms with E-state index < -0.39 is 0 Å². The number of benzene rings is 2. The molecule has 1 aliphatic heterocycles. The van der Waals surface area contributed by atoms with Gasteiger partial charge in [0.2, 0.25) is 0 Å². The van der Waals surface area contributed by atoms with Crippen molar-refractivity contribution in [2.75, 3.05) is 13.6 Å². The Labute approximate surface area is 142 Å². The summed E-state index contributed by atoms with van der Waals surface area (Å²) >= 11 is 3.27. The highest BCUT2D eigenvalue weighted by molar-refractivity contribution is 9.10. The molecule has 0 saturated heterocycles. The first-order valence-electron chi connectivity index (χ1n) is 7.67. The van der Waals surface area contributed by atoms with Gasteiger partial charge in [-0.05, 0) is 71.2 Å². The fourth-order valence-corrected chi connectivity index (χ4v) is 3.77. The molecule has 2 aromatic carbocycles. The average Bonchev–Trinajstić information content (AvgIpc) is 2.90. The largest absolute Gasteiger partial charge is 0.302 e. The van der Waals surface area contributed by atoms with Crippen molar-refractivity contribution in [2.24, 2.45) is 0 Å². The quantitative estimate of drug-likeness (QED) is 0.684. The Bertz CT molecular complexity index is 916. The fraction of sp³-hybridized carbons (Fsp3) is 0.278. The van der Waals surface area contributed by atoms with Crippen LogP contribution in [0.15, 0.2) is 28.7 Å². The smallest absolute Gasteiger partial charge is 0.139 e. The minimum absolute atomic E-state index is 0.282. The zero-order chi connectivity index (χ0) is 16.1. The zero-order valence-corrected chi connectivity index (χ0v) is 14.7. The maximum absolute atomic E-state index is 13.7. The van der Waals surface area contributed by atoms with E-state index >= 15 is 0 Å². The molecule has 23 heavy (non-hydrogen) atoms. The first-order valence-corrected chi connectivity index (χ1v) is 8.46. The number of hydrogen-bond donors (Lipinski definition) is 1. The number of likely N-dealkylation sites (N-methyl/N-ethyl adjacent to an activating group) is 1. The molecule has 0 atom stereocenters. The third kappa shape index (κ3) is 2.48. The van der Waals surface area contributed by atoms with Crippen LogP contribution >= 0.6 is 15.9 Å². The van der Waals surface area contributed by atoms with E-state index in [0.717, 1.165) is 36.2 Å². The standard InChI is InChI=1S/C18H17BrFN3/c1-10-5-11(6-12-9-23(2)4-3-13(10)12)18-14-7-15(19)16(20)8-17(14)21-22-18/h5-8H,3-4,9H2,1-2H3,(H,21,22). The van der Waals surface area contributed by atoms with Crippen molar-refractivity contribution in [3.63, 3.8) is 0 Å². The van der Waals surface area contributed by atoms with Crippen LogP contribution in [-0.4, -0.2) is 28.7 Å². The molecule has 0 radical (unpaired) electrons. The van der Waals surface area contributed by atoms with Gasteiger partial charge in [-0.1, -0.05) is 0 Å². The molecular weight excluding hydrogens is 357 g/mol. The Balaban J connectivity index is 1.90. The van der Waals surface area contributed by atoms with Gasteiger partial charge in [-0.25, -0.2) is 4.39 Å². The molecule has 0 aliphatic carbocycles. The van der Waals surface area contributed by atoms with Crippen molar-refractivity contribution in [3.05, 3.63) is 51.2 Å². The van der Waals surface area contributed by atoms with Crippen molar-refractivity contribution in [3.8, 4) is 11.3 Å². The number of aromatic amines is 1. The molecule has 1 aromatic heterocycles. The molecule has 0 bridgehead atoms. The number of aromatic nitrogens is 2. The van der Waals surface area contributed by atoms with Crippen LogP contribution in [0.1, 0.15) is 16.7 Å². The molecule has 0 saturated carbocycles. The van der Waals surface area contributed by atoms with E-state index in [0.29, 0.717) is 9.99 Å². The van der Waals surface area contributed by atoms with E-state index in [9.17, 15) is 4.39 Å². The minimum atomic E-state index is -0.282. The summed E-state index contributed by atoms with van der Waals surface area (Å²) < 4.78 is 14.2. The molecule has 0 unspecified atom stereocenters. The van der Waals surface area contributed by atoms with Gasteiger partial charge in [-0.2, -0.15) is 5.10 Å². The summed E-state index contributed by atoms with van der Waals surface area (Å²) in [4.78, 5) is 2.33. The van der Waals surface area contributed by atoms with E-state index in [1.165, 1.54) is 22.8 Å². The lowest BCUT2D eigenvalue weighted by molar-refractivity contribution is 0.312. The number of aryl methyl sites for hydroxylation is 1. The molecule has 1 N–H and O–H groups in total. The summed E-state index contributed by atoms with van der Waals surface area (Å²) in [6.45, 7) is 4.23. The monoisotopic (exact) mass is 373 g/mol. The summed E-state index contributed by atoms with van der Waals surface area (Å²) in [6, 6.07) is 7.70. The van der Waals surface area contributed by atoms with Crippen LogP contribution in [0.5, 0.6) is 0 Å². The summed E-state index contributed by atoms with van der Waals surface area (Å²) in [7, 11) is 2.15. The van der Waals surface area contributed by atoms with Crippen LogP contribution in [-0.2, 0) is 13.0 Å². The number of nitrogens with zero attached hydrogens (tertiary/aromatic N) is 2. The summed E-state index contributed by atoms with van der Waals surface area (Å²) in [5.74, 6) is -0.282. The third-order valence-electron chi connectivity index (χ3n) is 4.63. The number of halogens is 2. The fourth-order valence-electron chi connectivity index (χ4n) is 3.43. The van der Waals surface area contributed by atoms with Crippen molar-refractivity contribution in [1.29, 1.82) is 0 Å². The predicted molar refractivity (Wildman–Crippen MR) is 94.0 cm³/mol. The van der Waals surface area contributed by atoms with Crippen molar-refractivity contribution in [2.45, 2.75) is 19.9 Å². The number of rotatable bonds is 1. The van der Waals surface area contributed by atoms with Gasteiger partial charge in [0.25, 0.3) is 0 Å².